The van der Waals surface area contributed by atoms with E-state index < -0.39 is 5.79 Å². The van der Waals surface area contributed by atoms with Crippen molar-refractivity contribution in [1.29, 1.82) is 0 Å². The minimum atomic E-state index is -1.02. The minimum Gasteiger partial charge on any atom is -0.497 e. The predicted octanol–water partition coefficient (Wildman–Crippen LogP) is 8.15. The number of methoxy groups -OCH3 is 4. The summed E-state index contributed by atoms with van der Waals surface area (Å²) in [6.07, 6.45) is 3.31. The fraction of sp³-hybridized carbons (Fsp3) is 0.368. The topological polar surface area (TPSA) is 55.4 Å². The van der Waals surface area contributed by atoms with Gasteiger partial charge < -0.3 is 28.4 Å². The van der Waals surface area contributed by atoms with Crippen molar-refractivity contribution in [3.63, 3.8) is 0 Å². The van der Waals surface area contributed by atoms with Crippen LogP contribution >= 0.6 is 0 Å². The van der Waals surface area contributed by atoms with Crippen LogP contribution in [0.2, 0.25) is 0 Å². The Hall–Kier alpha value is -4.00. The van der Waals surface area contributed by atoms with Crippen molar-refractivity contribution >= 4 is 0 Å². The molecule has 2 saturated carbocycles. The number of hydrogen-bond acceptors (Lipinski definition) is 6. The third kappa shape index (κ3) is 5.89. The van der Waals surface area contributed by atoms with Crippen molar-refractivity contribution in [2.75, 3.05) is 28.4 Å². The Kier molecular flexibility index (Phi) is 9.10. The van der Waals surface area contributed by atoms with E-state index in [1.807, 2.05) is 48.5 Å². The maximum Gasteiger partial charge on any atom is 0.183 e. The lowest BCUT2D eigenvalue weighted by Gasteiger charge is -2.42. The van der Waals surface area contributed by atoms with Crippen LogP contribution in [0.5, 0.6) is 23.0 Å². The van der Waals surface area contributed by atoms with Crippen molar-refractivity contribution in [3.05, 3.63) is 119 Å². The second kappa shape index (κ2) is 13.3. The molecule has 44 heavy (non-hydrogen) atoms. The zero-order valence-electron chi connectivity index (χ0n) is 26.0. The van der Waals surface area contributed by atoms with Crippen LogP contribution < -0.4 is 18.9 Å². The van der Waals surface area contributed by atoms with E-state index in [4.69, 9.17) is 28.4 Å². The number of fused-ring (bicyclic) bond motifs is 1. The predicted molar refractivity (Wildman–Crippen MR) is 171 cm³/mol. The maximum absolute atomic E-state index is 7.28. The van der Waals surface area contributed by atoms with Crippen LogP contribution in [-0.4, -0.2) is 34.2 Å². The number of benzene rings is 4. The molecule has 0 bridgehead atoms. The minimum absolute atomic E-state index is 0.0892. The van der Waals surface area contributed by atoms with E-state index in [0.717, 1.165) is 64.5 Å². The molecule has 6 nitrogen and oxygen atoms in total. The van der Waals surface area contributed by atoms with E-state index in [-0.39, 0.29) is 11.8 Å². The van der Waals surface area contributed by atoms with Crippen LogP contribution in [0.1, 0.15) is 53.4 Å². The first-order chi connectivity index (χ1) is 21.6. The second-order valence-electron chi connectivity index (χ2n) is 11.8. The van der Waals surface area contributed by atoms with Gasteiger partial charge in [-0.25, -0.2) is 0 Å². The molecule has 6 heteroatoms. The average molecular weight is 595 g/mol. The number of rotatable bonds is 12. The highest BCUT2D eigenvalue weighted by Crippen LogP contribution is 2.66. The third-order valence-electron chi connectivity index (χ3n) is 9.43. The first-order valence-electron chi connectivity index (χ1n) is 15.4. The third-order valence-corrected chi connectivity index (χ3v) is 9.43. The molecule has 4 aromatic carbocycles. The quantitative estimate of drug-likeness (QED) is 0.154. The highest BCUT2D eigenvalue weighted by molar-refractivity contribution is 5.46. The van der Waals surface area contributed by atoms with E-state index in [0.29, 0.717) is 25.0 Å². The summed E-state index contributed by atoms with van der Waals surface area (Å²) >= 11 is 0. The van der Waals surface area contributed by atoms with E-state index in [2.05, 4.69) is 48.5 Å². The lowest BCUT2D eigenvalue weighted by molar-refractivity contribution is -0.268. The molecular weight excluding hydrogens is 552 g/mol. The van der Waals surface area contributed by atoms with Gasteiger partial charge in [-0.1, -0.05) is 67.1 Å². The van der Waals surface area contributed by atoms with Crippen LogP contribution in [-0.2, 0) is 22.7 Å². The van der Waals surface area contributed by atoms with Gasteiger partial charge in [0.15, 0.2) is 5.79 Å². The zero-order valence-corrected chi connectivity index (χ0v) is 26.0. The van der Waals surface area contributed by atoms with Gasteiger partial charge in [0.1, 0.15) is 23.0 Å². The summed E-state index contributed by atoms with van der Waals surface area (Å²) in [5.74, 6) is 2.45. The van der Waals surface area contributed by atoms with Crippen molar-refractivity contribution in [3.8, 4) is 23.0 Å². The van der Waals surface area contributed by atoms with E-state index in [9.17, 15) is 0 Å². The molecule has 0 spiro atoms. The average Bonchev–Trinajstić information content (AvgIpc) is 3.65. The smallest absolute Gasteiger partial charge is 0.183 e. The number of ether oxygens (including phenoxy) is 6. The normalized spacial score (nSPS) is 21.9. The number of hydrogen-bond donors (Lipinski definition) is 0. The Labute approximate surface area is 260 Å². The molecule has 4 atom stereocenters. The van der Waals surface area contributed by atoms with Crippen molar-refractivity contribution < 1.29 is 28.4 Å². The molecule has 4 unspecified atom stereocenters. The fourth-order valence-corrected chi connectivity index (χ4v) is 7.55. The molecule has 0 heterocycles. The van der Waals surface area contributed by atoms with Crippen LogP contribution in [0.25, 0.3) is 0 Å². The van der Waals surface area contributed by atoms with Gasteiger partial charge in [-0.3, -0.25) is 0 Å². The zero-order chi connectivity index (χ0) is 30.5. The summed E-state index contributed by atoms with van der Waals surface area (Å²) in [5, 5.41) is 0. The summed E-state index contributed by atoms with van der Waals surface area (Å²) in [7, 11) is 6.79. The monoisotopic (exact) mass is 594 g/mol. The van der Waals surface area contributed by atoms with Crippen LogP contribution in [0.15, 0.2) is 97.1 Å². The van der Waals surface area contributed by atoms with E-state index in [1.165, 1.54) is 0 Å². The van der Waals surface area contributed by atoms with Crippen LogP contribution in [0, 0.1) is 11.8 Å². The summed E-state index contributed by atoms with van der Waals surface area (Å²) in [4.78, 5) is 0. The molecule has 0 aliphatic heterocycles. The highest BCUT2D eigenvalue weighted by Gasteiger charge is 2.64. The maximum atomic E-state index is 7.28. The van der Waals surface area contributed by atoms with Gasteiger partial charge >= 0.3 is 0 Å². The van der Waals surface area contributed by atoms with Crippen LogP contribution in [0.4, 0.5) is 0 Å². The molecule has 6 rings (SSSR count). The van der Waals surface area contributed by atoms with Gasteiger partial charge in [0, 0.05) is 24.0 Å². The Balaban J connectivity index is 1.57. The Morgan fingerprint density at radius 2 is 0.886 bits per heavy atom. The molecule has 2 fully saturated rings. The van der Waals surface area contributed by atoms with Gasteiger partial charge in [-0.15, -0.1) is 0 Å². The molecule has 2 aliphatic carbocycles. The van der Waals surface area contributed by atoms with E-state index >= 15 is 0 Å². The summed E-state index contributed by atoms with van der Waals surface area (Å²) in [6, 6.07) is 33.0. The molecule has 0 aromatic heterocycles. The molecule has 0 radical (unpaired) electrons. The molecule has 0 saturated heterocycles. The van der Waals surface area contributed by atoms with E-state index in [1.54, 1.807) is 28.4 Å². The Bertz CT molecular complexity index is 1360. The molecular formula is C38H42O6. The fourth-order valence-electron chi connectivity index (χ4n) is 7.55. The SMILES string of the molecule is COc1cc(OC)cc(C2C3CCCC3C(c3cc(OC)cc(OC)c3)C2(OCc2ccccc2)OCc2ccccc2)c1. The molecule has 230 valence electrons. The van der Waals surface area contributed by atoms with Gasteiger partial charge in [-0.05, 0) is 71.2 Å². The van der Waals surface area contributed by atoms with Crippen molar-refractivity contribution in [2.24, 2.45) is 11.8 Å². The van der Waals surface area contributed by atoms with Crippen molar-refractivity contribution in [2.45, 2.75) is 50.1 Å². The Morgan fingerprint density at radius 3 is 1.23 bits per heavy atom. The lowest BCUT2D eigenvalue weighted by Crippen LogP contribution is -2.45. The summed E-state index contributed by atoms with van der Waals surface area (Å²) < 4.78 is 37.6. The largest absolute Gasteiger partial charge is 0.497 e. The lowest BCUT2D eigenvalue weighted by atomic mass is 9.81. The highest BCUT2D eigenvalue weighted by atomic mass is 16.7. The summed E-state index contributed by atoms with van der Waals surface area (Å²) in [5.41, 5.74) is 4.38. The molecule has 0 amide bonds. The standard InChI is InChI=1S/C38H42O6/c1-39-30-18-28(19-31(22-30)40-2)36-34-16-11-17-35(34)37(29-20-32(41-3)23-33(21-29)42-4)38(36,43-24-26-12-7-5-8-13-26)44-25-27-14-9-6-10-15-27/h5-10,12-15,18-23,34-37H,11,16-17,24-25H2,1-4H3. The first kappa shape index (κ1) is 30.0. The molecule has 4 aromatic rings. The van der Waals surface area contributed by atoms with Gasteiger partial charge in [0.05, 0.1) is 41.7 Å². The second-order valence-corrected chi connectivity index (χ2v) is 11.8. The van der Waals surface area contributed by atoms with Gasteiger partial charge in [-0.2, -0.15) is 0 Å². The van der Waals surface area contributed by atoms with Crippen LogP contribution in [0.3, 0.4) is 0 Å². The Morgan fingerprint density at radius 1 is 0.523 bits per heavy atom. The molecule has 0 N–H and O–H groups in total. The first-order valence-corrected chi connectivity index (χ1v) is 15.4. The molecule has 2 aliphatic rings. The van der Waals surface area contributed by atoms with Gasteiger partial charge in [0.25, 0.3) is 0 Å². The summed E-state index contributed by atoms with van der Waals surface area (Å²) in [6.45, 7) is 0.814. The van der Waals surface area contributed by atoms with Gasteiger partial charge in [0.2, 0.25) is 0 Å². The van der Waals surface area contributed by atoms with Crippen molar-refractivity contribution in [1.82, 2.24) is 0 Å².